The highest BCUT2D eigenvalue weighted by molar-refractivity contribution is 7.99. The Morgan fingerprint density at radius 1 is 1.28 bits per heavy atom. The van der Waals surface area contributed by atoms with Crippen LogP contribution in [0.5, 0.6) is 5.75 Å². The smallest absolute Gasteiger partial charge is 0.387 e. The van der Waals surface area contributed by atoms with E-state index < -0.39 is 6.61 Å². The van der Waals surface area contributed by atoms with Gasteiger partial charge in [-0.2, -0.15) is 8.78 Å². The summed E-state index contributed by atoms with van der Waals surface area (Å²) in [6.07, 6.45) is 0. The minimum absolute atomic E-state index is 0.0283. The monoisotopic (exact) mass is 370 g/mol. The van der Waals surface area contributed by atoms with Gasteiger partial charge in [0.25, 0.3) is 0 Å². The molecule has 0 spiro atoms. The average Bonchev–Trinajstić information content (AvgIpc) is 2.85. The van der Waals surface area contributed by atoms with Gasteiger partial charge in [-0.05, 0) is 38.1 Å². The summed E-state index contributed by atoms with van der Waals surface area (Å²) in [6.45, 7) is 2.25. The fourth-order valence-corrected chi connectivity index (χ4v) is 3.23. The van der Waals surface area contributed by atoms with Crippen molar-refractivity contribution in [3.8, 4) is 5.75 Å². The van der Waals surface area contributed by atoms with Crippen molar-refractivity contribution in [2.45, 2.75) is 32.2 Å². The largest absolute Gasteiger partial charge is 0.435 e. The Bertz CT molecular complexity index is 717. The fraction of sp³-hybridized carbons (Fsp3) is 0.412. The molecule has 0 saturated heterocycles. The van der Waals surface area contributed by atoms with E-state index in [1.807, 2.05) is 18.4 Å². The summed E-state index contributed by atoms with van der Waals surface area (Å²) in [7, 11) is 1.64. The number of benzene rings is 1. The SMILES string of the molecule is COCCn1c(SCC(=O)c2ccc(OC(F)F)cc2)nc(C)c1C. The molecule has 0 unspecified atom stereocenters. The molecule has 0 aliphatic carbocycles. The van der Waals surface area contributed by atoms with Crippen LogP contribution in [0.2, 0.25) is 0 Å². The zero-order valence-corrected chi connectivity index (χ0v) is 15.1. The second-order valence-corrected chi connectivity index (χ2v) is 6.27. The van der Waals surface area contributed by atoms with Crippen molar-refractivity contribution in [3.63, 3.8) is 0 Å². The maximum Gasteiger partial charge on any atom is 0.387 e. The number of nitrogens with zero attached hydrogens (tertiary/aromatic N) is 2. The molecule has 0 radical (unpaired) electrons. The third-order valence-corrected chi connectivity index (χ3v) is 4.65. The third-order valence-electron chi connectivity index (χ3n) is 3.68. The van der Waals surface area contributed by atoms with Crippen LogP contribution in [0.15, 0.2) is 29.4 Å². The van der Waals surface area contributed by atoms with Gasteiger partial charge in [0.15, 0.2) is 10.9 Å². The lowest BCUT2D eigenvalue weighted by atomic mass is 10.1. The summed E-state index contributed by atoms with van der Waals surface area (Å²) in [6, 6.07) is 5.68. The summed E-state index contributed by atoms with van der Waals surface area (Å²) >= 11 is 1.35. The van der Waals surface area contributed by atoms with Crippen molar-refractivity contribution >= 4 is 17.5 Å². The van der Waals surface area contributed by atoms with Crippen LogP contribution in [0.3, 0.4) is 0 Å². The van der Waals surface area contributed by atoms with Crippen LogP contribution < -0.4 is 4.74 Å². The van der Waals surface area contributed by atoms with Gasteiger partial charge in [-0.15, -0.1) is 0 Å². The molecule has 2 aromatic rings. The summed E-state index contributed by atoms with van der Waals surface area (Å²) in [5.41, 5.74) is 2.40. The van der Waals surface area contributed by atoms with Crippen LogP contribution in [-0.4, -0.2) is 41.4 Å². The minimum Gasteiger partial charge on any atom is -0.435 e. The zero-order chi connectivity index (χ0) is 18.4. The molecule has 1 heterocycles. The van der Waals surface area contributed by atoms with Gasteiger partial charge in [0.1, 0.15) is 5.75 Å². The molecule has 0 fully saturated rings. The molecule has 8 heteroatoms. The molecule has 25 heavy (non-hydrogen) atoms. The second kappa shape index (κ2) is 8.96. The van der Waals surface area contributed by atoms with Crippen LogP contribution in [0.1, 0.15) is 21.7 Å². The van der Waals surface area contributed by atoms with Crippen LogP contribution in [0, 0.1) is 13.8 Å². The Kier molecular flexibility index (Phi) is 6.95. The quantitative estimate of drug-likeness (QED) is 0.497. The first-order valence-electron chi connectivity index (χ1n) is 7.66. The molecule has 0 bridgehead atoms. The number of thioether (sulfide) groups is 1. The highest BCUT2D eigenvalue weighted by Crippen LogP contribution is 2.23. The van der Waals surface area contributed by atoms with E-state index in [0.29, 0.717) is 18.7 Å². The number of hydrogen-bond acceptors (Lipinski definition) is 5. The number of aromatic nitrogens is 2. The first-order valence-corrected chi connectivity index (χ1v) is 8.64. The van der Waals surface area contributed by atoms with E-state index in [9.17, 15) is 13.6 Å². The molecule has 1 aromatic carbocycles. The topological polar surface area (TPSA) is 53.4 Å². The van der Waals surface area contributed by atoms with Gasteiger partial charge >= 0.3 is 6.61 Å². The lowest BCUT2D eigenvalue weighted by Gasteiger charge is -2.09. The Balaban J connectivity index is 2.01. The van der Waals surface area contributed by atoms with Crippen molar-refractivity contribution in [1.82, 2.24) is 9.55 Å². The van der Waals surface area contributed by atoms with Gasteiger partial charge in [-0.3, -0.25) is 4.79 Å². The molecule has 2 rings (SSSR count). The molecule has 0 atom stereocenters. The van der Waals surface area contributed by atoms with Crippen LogP contribution >= 0.6 is 11.8 Å². The lowest BCUT2D eigenvalue weighted by Crippen LogP contribution is -2.09. The number of hydrogen-bond donors (Lipinski definition) is 0. The van der Waals surface area contributed by atoms with Gasteiger partial charge in [0.2, 0.25) is 0 Å². The molecule has 136 valence electrons. The van der Waals surface area contributed by atoms with Gasteiger partial charge in [-0.25, -0.2) is 4.98 Å². The molecular weight excluding hydrogens is 350 g/mol. The lowest BCUT2D eigenvalue weighted by molar-refractivity contribution is -0.0498. The fourth-order valence-electron chi connectivity index (χ4n) is 2.22. The summed E-state index contributed by atoms with van der Waals surface area (Å²) < 4.78 is 35.7. The third kappa shape index (κ3) is 5.27. The minimum atomic E-state index is -2.88. The number of imidazole rings is 1. The van der Waals surface area contributed by atoms with E-state index in [4.69, 9.17) is 4.74 Å². The first-order chi connectivity index (χ1) is 11.9. The predicted molar refractivity (Wildman–Crippen MR) is 91.7 cm³/mol. The first kappa shape index (κ1) is 19.4. The molecular formula is C17H20F2N2O3S. The highest BCUT2D eigenvalue weighted by atomic mass is 32.2. The van der Waals surface area contributed by atoms with E-state index in [-0.39, 0.29) is 17.3 Å². The number of carbonyl (C=O) groups excluding carboxylic acids is 1. The van der Waals surface area contributed by atoms with Crippen molar-refractivity contribution in [2.75, 3.05) is 19.5 Å². The van der Waals surface area contributed by atoms with Gasteiger partial charge in [0, 0.05) is 24.9 Å². The van der Waals surface area contributed by atoms with Crippen LogP contribution in [0.4, 0.5) is 8.78 Å². The molecule has 0 N–H and O–H groups in total. The number of alkyl halides is 2. The van der Waals surface area contributed by atoms with E-state index in [1.54, 1.807) is 7.11 Å². The van der Waals surface area contributed by atoms with Gasteiger partial charge < -0.3 is 14.0 Å². The number of methoxy groups -OCH3 is 1. The molecule has 0 amide bonds. The molecule has 1 aromatic heterocycles. The predicted octanol–water partition coefficient (Wildman–Crippen LogP) is 3.72. The summed E-state index contributed by atoms with van der Waals surface area (Å²) in [4.78, 5) is 16.8. The summed E-state index contributed by atoms with van der Waals surface area (Å²) in [5, 5.41) is 0.762. The maximum absolute atomic E-state index is 12.3. The van der Waals surface area contributed by atoms with Crippen LogP contribution in [0.25, 0.3) is 0 Å². The Morgan fingerprint density at radius 3 is 2.56 bits per heavy atom. The number of Topliss-reactive ketones (excluding diaryl/α,β-unsaturated/α-hetero) is 1. The Morgan fingerprint density at radius 2 is 1.96 bits per heavy atom. The highest BCUT2D eigenvalue weighted by Gasteiger charge is 2.14. The number of rotatable bonds is 9. The molecule has 0 saturated carbocycles. The normalized spacial score (nSPS) is 11.1. The number of carbonyl (C=O) groups is 1. The number of halogens is 2. The van der Waals surface area contributed by atoms with Crippen molar-refractivity contribution in [3.05, 3.63) is 41.2 Å². The number of aryl methyl sites for hydroxylation is 1. The van der Waals surface area contributed by atoms with E-state index in [0.717, 1.165) is 16.5 Å². The average molecular weight is 370 g/mol. The number of ketones is 1. The molecule has 0 aliphatic rings. The molecule has 0 aliphatic heterocycles. The van der Waals surface area contributed by atoms with E-state index >= 15 is 0 Å². The van der Waals surface area contributed by atoms with Crippen LogP contribution in [-0.2, 0) is 11.3 Å². The van der Waals surface area contributed by atoms with Gasteiger partial charge in [0.05, 0.1) is 18.1 Å². The van der Waals surface area contributed by atoms with E-state index in [2.05, 4.69) is 9.72 Å². The molecule has 5 nitrogen and oxygen atoms in total. The zero-order valence-electron chi connectivity index (χ0n) is 14.3. The van der Waals surface area contributed by atoms with Crippen molar-refractivity contribution in [1.29, 1.82) is 0 Å². The Hall–Kier alpha value is -1.93. The standard InChI is InChI=1S/C17H20F2N2O3S/c1-11-12(2)21(8-9-23-3)17(20-11)25-10-15(22)13-4-6-14(7-5-13)24-16(18)19/h4-7,16H,8-10H2,1-3H3. The Labute approximate surface area is 149 Å². The summed E-state index contributed by atoms with van der Waals surface area (Å²) in [5.74, 6) is 0.128. The maximum atomic E-state index is 12.3. The van der Waals surface area contributed by atoms with Gasteiger partial charge in [-0.1, -0.05) is 11.8 Å². The van der Waals surface area contributed by atoms with E-state index in [1.165, 1.54) is 36.0 Å². The van der Waals surface area contributed by atoms with Crippen molar-refractivity contribution in [2.24, 2.45) is 0 Å². The number of ether oxygens (including phenoxy) is 2. The van der Waals surface area contributed by atoms with Crippen molar-refractivity contribution < 1.29 is 23.0 Å². The second-order valence-electron chi connectivity index (χ2n) is 5.32.